The SMILES string of the molecule is CCOc1ccccc1N1CC[NH+](Cc2ccccc2C(F)(F)F)CC1. The number of anilines is 1. The van der Waals surface area contributed by atoms with Crippen LogP contribution in [0, 0.1) is 0 Å². The molecule has 0 aromatic heterocycles. The van der Waals surface area contributed by atoms with Crippen molar-refractivity contribution in [3.63, 3.8) is 0 Å². The Morgan fingerprint density at radius 2 is 1.65 bits per heavy atom. The number of para-hydroxylation sites is 2. The number of benzene rings is 2. The van der Waals surface area contributed by atoms with E-state index >= 15 is 0 Å². The molecule has 3 rings (SSSR count). The van der Waals surface area contributed by atoms with Crippen LogP contribution in [-0.4, -0.2) is 32.8 Å². The summed E-state index contributed by atoms with van der Waals surface area (Å²) >= 11 is 0. The molecule has 1 heterocycles. The minimum atomic E-state index is -4.30. The predicted molar refractivity (Wildman–Crippen MR) is 95.7 cm³/mol. The first-order valence-electron chi connectivity index (χ1n) is 8.94. The molecule has 0 aliphatic carbocycles. The van der Waals surface area contributed by atoms with Crippen molar-refractivity contribution < 1.29 is 22.8 Å². The van der Waals surface area contributed by atoms with Crippen molar-refractivity contribution in [2.75, 3.05) is 37.7 Å². The fourth-order valence-corrected chi connectivity index (χ4v) is 3.46. The highest BCUT2D eigenvalue weighted by Gasteiger charge is 2.34. The Labute approximate surface area is 152 Å². The van der Waals surface area contributed by atoms with Crippen LogP contribution in [-0.2, 0) is 12.7 Å². The number of halogens is 3. The Balaban J connectivity index is 1.65. The van der Waals surface area contributed by atoms with Crippen LogP contribution in [0.15, 0.2) is 48.5 Å². The van der Waals surface area contributed by atoms with Crippen molar-refractivity contribution in [3.8, 4) is 5.75 Å². The third-order valence-electron chi connectivity index (χ3n) is 4.74. The Morgan fingerprint density at radius 1 is 1.00 bits per heavy atom. The van der Waals surface area contributed by atoms with Crippen LogP contribution in [0.3, 0.4) is 0 Å². The summed E-state index contributed by atoms with van der Waals surface area (Å²) in [6.45, 7) is 6.16. The fourth-order valence-electron chi connectivity index (χ4n) is 3.46. The molecule has 1 aliphatic rings. The first-order chi connectivity index (χ1) is 12.5. The van der Waals surface area contributed by atoms with Crippen LogP contribution >= 0.6 is 0 Å². The first-order valence-corrected chi connectivity index (χ1v) is 8.94. The standard InChI is InChI=1S/C20H23F3N2O/c1-2-26-19-10-6-5-9-18(19)25-13-11-24(12-14-25)15-16-7-3-4-8-17(16)20(21,22)23/h3-10H,2,11-15H2,1H3/p+1. The second-order valence-corrected chi connectivity index (χ2v) is 6.47. The molecule has 0 bridgehead atoms. The van der Waals surface area contributed by atoms with E-state index in [1.807, 2.05) is 31.2 Å². The minimum Gasteiger partial charge on any atom is -0.492 e. The molecule has 0 spiro atoms. The van der Waals surface area contributed by atoms with Gasteiger partial charge in [0, 0.05) is 5.56 Å². The van der Waals surface area contributed by atoms with E-state index in [0.717, 1.165) is 37.6 Å². The van der Waals surface area contributed by atoms with Gasteiger partial charge in [0.15, 0.2) is 0 Å². The van der Waals surface area contributed by atoms with Gasteiger partial charge in [0.1, 0.15) is 12.3 Å². The van der Waals surface area contributed by atoms with E-state index < -0.39 is 11.7 Å². The van der Waals surface area contributed by atoms with E-state index in [1.165, 1.54) is 17.0 Å². The molecule has 2 aromatic carbocycles. The molecule has 6 heteroatoms. The van der Waals surface area contributed by atoms with Gasteiger partial charge < -0.3 is 14.5 Å². The Kier molecular flexibility index (Phi) is 5.71. The van der Waals surface area contributed by atoms with Gasteiger partial charge in [-0.05, 0) is 25.1 Å². The molecular weight excluding hydrogens is 341 g/mol. The summed E-state index contributed by atoms with van der Waals surface area (Å²) in [7, 11) is 0. The summed E-state index contributed by atoms with van der Waals surface area (Å²) in [5, 5.41) is 0. The van der Waals surface area contributed by atoms with Crippen LogP contribution in [0.4, 0.5) is 18.9 Å². The maximum atomic E-state index is 13.2. The molecule has 26 heavy (non-hydrogen) atoms. The summed E-state index contributed by atoms with van der Waals surface area (Å²) in [6, 6.07) is 13.8. The molecule has 140 valence electrons. The van der Waals surface area contributed by atoms with Gasteiger partial charge in [-0.2, -0.15) is 13.2 Å². The monoisotopic (exact) mass is 365 g/mol. The van der Waals surface area contributed by atoms with Crippen LogP contribution < -0.4 is 14.5 Å². The van der Waals surface area contributed by atoms with Gasteiger partial charge in [-0.15, -0.1) is 0 Å². The highest BCUT2D eigenvalue weighted by molar-refractivity contribution is 5.58. The van der Waals surface area contributed by atoms with Crippen LogP contribution in [0.5, 0.6) is 5.75 Å². The zero-order valence-electron chi connectivity index (χ0n) is 14.9. The Morgan fingerprint density at radius 3 is 2.35 bits per heavy atom. The molecule has 1 fully saturated rings. The molecule has 3 nitrogen and oxygen atoms in total. The minimum absolute atomic E-state index is 0.373. The van der Waals surface area contributed by atoms with E-state index in [4.69, 9.17) is 4.74 Å². The topological polar surface area (TPSA) is 16.9 Å². The first kappa shape index (κ1) is 18.6. The average molecular weight is 365 g/mol. The summed E-state index contributed by atoms with van der Waals surface area (Å²) in [5.74, 6) is 0.862. The number of nitrogens with one attached hydrogen (secondary N) is 1. The summed E-state index contributed by atoms with van der Waals surface area (Å²) in [6.07, 6.45) is -4.30. The van der Waals surface area contributed by atoms with Crippen molar-refractivity contribution in [1.82, 2.24) is 0 Å². The van der Waals surface area contributed by atoms with Crippen molar-refractivity contribution in [2.24, 2.45) is 0 Å². The highest BCUT2D eigenvalue weighted by Crippen LogP contribution is 2.31. The normalized spacial score (nSPS) is 15.9. The fraction of sp³-hybridized carbons (Fsp3) is 0.400. The van der Waals surface area contributed by atoms with Crippen LogP contribution in [0.1, 0.15) is 18.1 Å². The molecule has 1 N–H and O–H groups in total. The molecule has 2 aromatic rings. The predicted octanol–water partition coefficient (Wildman–Crippen LogP) is 3.01. The zero-order chi connectivity index (χ0) is 18.6. The van der Waals surface area contributed by atoms with Gasteiger partial charge in [-0.1, -0.05) is 30.3 Å². The van der Waals surface area contributed by atoms with Gasteiger partial charge in [-0.25, -0.2) is 0 Å². The Bertz CT molecular complexity index is 725. The Hall–Kier alpha value is -2.21. The van der Waals surface area contributed by atoms with E-state index in [-0.39, 0.29) is 0 Å². The van der Waals surface area contributed by atoms with E-state index in [9.17, 15) is 13.2 Å². The molecule has 0 atom stereocenters. The number of hydrogen-bond donors (Lipinski definition) is 1. The maximum absolute atomic E-state index is 13.2. The lowest BCUT2D eigenvalue weighted by molar-refractivity contribution is -0.914. The van der Waals surface area contributed by atoms with Crippen LogP contribution in [0.25, 0.3) is 0 Å². The average Bonchev–Trinajstić information content (AvgIpc) is 2.63. The number of hydrogen-bond acceptors (Lipinski definition) is 2. The number of nitrogens with zero attached hydrogens (tertiary/aromatic N) is 1. The number of piperazine rings is 1. The zero-order valence-corrected chi connectivity index (χ0v) is 14.9. The summed E-state index contributed by atoms with van der Waals surface area (Å²) in [5.41, 5.74) is 0.916. The summed E-state index contributed by atoms with van der Waals surface area (Å²) in [4.78, 5) is 3.43. The summed E-state index contributed by atoms with van der Waals surface area (Å²) < 4.78 is 45.2. The lowest BCUT2D eigenvalue weighted by atomic mass is 10.1. The molecular formula is C20H24F3N2O+. The van der Waals surface area contributed by atoms with E-state index in [2.05, 4.69) is 4.90 Å². The maximum Gasteiger partial charge on any atom is 0.416 e. The molecule has 0 amide bonds. The third kappa shape index (κ3) is 4.30. The lowest BCUT2D eigenvalue weighted by Crippen LogP contribution is -3.13. The molecule has 0 radical (unpaired) electrons. The van der Waals surface area contributed by atoms with Crippen molar-refractivity contribution >= 4 is 5.69 Å². The van der Waals surface area contributed by atoms with Gasteiger partial charge in [0.05, 0.1) is 44.0 Å². The van der Waals surface area contributed by atoms with Gasteiger partial charge >= 0.3 is 6.18 Å². The van der Waals surface area contributed by atoms with Gasteiger partial charge in [-0.3, -0.25) is 0 Å². The number of quaternary nitrogens is 1. The lowest BCUT2D eigenvalue weighted by Gasteiger charge is -2.34. The molecule has 1 saturated heterocycles. The van der Waals surface area contributed by atoms with Crippen LogP contribution in [0.2, 0.25) is 0 Å². The van der Waals surface area contributed by atoms with Gasteiger partial charge in [0.2, 0.25) is 0 Å². The smallest absolute Gasteiger partial charge is 0.416 e. The van der Waals surface area contributed by atoms with Crippen molar-refractivity contribution in [2.45, 2.75) is 19.6 Å². The third-order valence-corrected chi connectivity index (χ3v) is 4.74. The molecule has 0 unspecified atom stereocenters. The second kappa shape index (κ2) is 7.99. The van der Waals surface area contributed by atoms with Crippen molar-refractivity contribution in [3.05, 3.63) is 59.7 Å². The van der Waals surface area contributed by atoms with E-state index in [1.54, 1.807) is 12.1 Å². The molecule has 0 saturated carbocycles. The molecule has 1 aliphatic heterocycles. The second-order valence-electron chi connectivity index (χ2n) is 6.47. The number of alkyl halides is 3. The quantitative estimate of drug-likeness (QED) is 0.877. The highest BCUT2D eigenvalue weighted by atomic mass is 19.4. The largest absolute Gasteiger partial charge is 0.492 e. The number of ether oxygens (including phenoxy) is 1. The van der Waals surface area contributed by atoms with Gasteiger partial charge in [0.25, 0.3) is 0 Å². The number of rotatable bonds is 5. The van der Waals surface area contributed by atoms with Crippen molar-refractivity contribution in [1.29, 1.82) is 0 Å². The van der Waals surface area contributed by atoms with E-state index in [0.29, 0.717) is 18.7 Å².